The maximum absolute atomic E-state index is 13.0. The second kappa shape index (κ2) is 13.5. The molecule has 0 spiro atoms. The van der Waals surface area contributed by atoms with Crippen LogP contribution in [-0.2, 0) is 16.2 Å². The van der Waals surface area contributed by atoms with Crippen LogP contribution in [0.15, 0.2) is 64.0 Å². The number of benzene rings is 3. The first-order valence-corrected chi connectivity index (χ1v) is 14.3. The lowest BCUT2D eigenvalue weighted by molar-refractivity contribution is -0.127. The van der Waals surface area contributed by atoms with Crippen molar-refractivity contribution in [2.45, 2.75) is 13.5 Å². The third kappa shape index (κ3) is 7.11. The number of carbonyl (C=O) groups is 3. The van der Waals surface area contributed by atoms with E-state index in [-0.39, 0.29) is 11.5 Å². The molecule has 0 bridgehead atoms. The highest BCUT2D eigenvalue weighted by molar-refractivity contribution is 9.10. The van der Waals surface area contributed by atoms with Gasteiger partial charge in [0.15, 0.2) is 11.5 Å². The SMILES string of the molecule is CCOc1cc(/C=C2/SC(=O)N(CC(=O)Nc3ccc(OC)c(Cl)c3)C2=O)cc(Br)c1OCc1ccccc1Cl. The molecule has 3 aromatic carbocycles. The molecule has 0 radical (unpaired) electrons. The molecule has 1 aliphatic heterocycles. The number of imide groups is 1. The van der Waals surface area contributed by atoms with Crippen LogP contribution in [0.25, 0.3) is 6.08 Å². The Morgan fingerprint density at radius 3 is 2.52 bits per heavy atom. The summed E-state index contributed by atoms with van der Waals surface area (Å²) in [7, 11) is 1.48. The molecule has 1 saturated heterocycles. The third-order valence-electron chi connectivity index (χ3n) is 5.57. The highest BCUT2D eigenvalue weighted by atomic mass is 79.9. The summed E-state index contributed by atoms with van der Waals surface area (Å²) >= 11 is 16.6. The van der Waals surface area contributed by atoms with E-state index in [0.29, 0.717) is 49.6 Å². The number of nitrogens with one attached hydrogen (secondary N) is 1. The molecule has 0 aliphatic carbocycles. The van der Waals surface area contributed by atoms with Crippen LogP contribution in [0.4, 0.5) is 10.5 Å². The van der Waals surface area contributed by atoms with E-state index in [0.717, 1.165) is 22.2 Å². The number of hydrogen-bond acceptors (Lipinski definition) is 7. The van der Waals surface area contributed by atoms with Gasteiger partial charge in [0, 0.05) is 16.3 Å². The van der Waals surface area contributed by atoms with Crippen molar-refractivity contribution in [3.8, 4) is 17.2 Å². The van der Waals surface area contributed by atoms with Gasteiger partial charge in [0.1, 0.15) is 18.9 Å². The fourth-order valence-electron chi connectivity index (χ4n) is 3.72. The van der Waals surface area contributed by atoms with Crippen LogP contribution < -0.4 is 19.5 Å². The van der Waals surface area contributed by atoms with Crippen LogP contribution in [0, 0.1) is 0 Å². The molecule has 0 aromatic heterocycles. The van der Waals surface area contributed by atoms with Crippen molar-refractivity contribution in [1.29, 1.82) is 0 Å². The summed E-state index contributed by atoms with van der Waals surface area (Å²) in [6, 6.07) is 15.5. The number of anilines is 1. The first kappa shape index (κ1) is 29.8. The van der Waals surface area contributed by atoms with Gasteiger partial charge in [-0.25, -0.2) is 0 Å². The van der Waals surface area contributed by atoms with Crippen LogP contribution in [0.5, 0.6) is 17.2 Å². The average molecular weight is 666 g/mol. The molecule has 0 saturated carbocycles. The predicted octanol–water partition coefficient (Wildman–Crippen LogP) is 7.42. The zero-order valence-corrected chi connectivity index (χ0v) is 25.2. The Balaban J connectivity index is 1.48. The second-order valence-electron chi connectivity index (χ2n) is 8.31. The van der Waals surface area contributed by atoms with Gasteiger partial charge in [0.25, 0.3) is 11.1 Å². The van der Waals surface area contributed by atoms with Gasteiger partial charge in [-0.1, -0.05) is 41.4 Å². The molecule has 1 N–H and O–H groups in total. The third-order valence-corrected chi connectivity index (χ3v) is 7.73. The maximum Gasteiger partial charge on any atom is 0.294 e. The van der Waals surface area contributed by atoms with Gasteiger partial charge < -0.3 is 19.5 Å². The van der Waals surface area contributed by atoms with Crippen LogP contribution in [-0.4, -0.2) is 42.2 Å². The van der Waals surface area contributed by atoms with Crippen molar-refractivity contribution in [1.82, 2.24) is 4.90 Å². The van der Waals surface area contributed by atoms with Crippen molar-refractivity contribution in [3.63, 3.8) is 0 Å². The molecular weight excluding hydrogens is 643 g/mol. The van der Waals surface area contributed by atoms with E-state index in [9.17, 15) is 14.4 Å². The maximum atomic E-state index is 13.0. The fourth-order valence-corrected chi connectivity index (χ4v) is 5.58. The van der Waals surface area contributed by atoms with E-state index in [1.165, 1.54) is 13.2 Å². The van der Waals surface area contributed by atoms with Gasteiger partial charge in [0.05, 0.1) is 28.1 Å². The van der Waals surface area contributed by atoms with E-state index in [1.807, 2.05) is 25.1 Å². The second-order valence-corrected chi connectivity index (χ2v) is 11.0. The number of hydrogen-bond donors (Lipinski definition) is 1. The van der Waals surface area contributed by atoms with E-state index in [1.54, 1.807) is 36.4 Å². The molecule has 208 valence electrons. The van der Waals surface area contributed by atoms with Crippen molar-refractivity contribution in [2.75, 3.05) is 25.6 Å². The molecule has 0 unspecified atom stereocenters. The van der Waals surface area contributed by atoms with Crippen LogP contribution in [0.2, 0.25) is 10.0 Å². The summed E-state index contributed by atoms with van der Waals surface area (Å²) in [6.45, 7) is 1.99. The molecular formula is C28H23BrCl2N2O6S. The number of thioether (sulfide) groups is 1. The quantitative estimate of drug-likeness (QED) is 0.225. The minimum absolute atomic E-state index is 0.171. The Morgan fingerprint density at radius 2 is 1.82 bits per heavy atom. The summed E-state index contributed by atoms with van der Waals surface area (Å²) in [5, 5.41) is 2.98. The van der Waals surface area contributed by atoms with Crippen LogP contribution in [0.1, 0.15) is 18.1 Å². The number of ether oxygens (including phenoxy) is 3. The molecule has 1 heterocycles. The predicted molar refractivity (Wildman–Crippen MR) is 160 cm³/mol. The molecule has 40 heavy (non-hydrogen) atoms. The zero-order valence-electron chi connectivity index (χ0n) is 21.3. The average Bonchev–Trinajstić information content (AvgIpc) is 3.16. The summed E-state index contributed by atoms with van der Waals surface area (Å²) in [4.78, 5) is 39.2. The smallest absolute Gasteiger partial charge is 0.294 e. The van der Waals surface area contributed by atoms with E-state index >= 15 is 0 Å². The standard InChI is InChI=1S/C28H23BrCl2N2O6S/c1-3-38-23-11-16(10-19(29)26(23)39-15-17-6-4-5-7-20(17)30)12-24-27(35)33(28(36)40-24)14-25(34)32-18-8-9-22(37-2)21(31)13-18/h4-13H,3,14-15H2,1-2H3,(H,32,34)/b24-12+. The van der Waals surface area contributed by atoms with Crippen molar-refractivity contribution >= 4 is 79.7 Å². The molecule has 0 atom stereocenters. The Hall–Kier alpha value is -3.18. The summed E-state index contributed by atoms with van der Waals surface area (Å²) in [5.74, 6) is 0.251. The summed E-state index contributed by atoms with van der Waals surface area (Å²) < 4.78 is 17.5. The topological polar surface area (TPSA) is 94.2 Å². The van der Waals surface area contributed by atoms with Crippen molar-refractivity contribution in [3.05, 3.63) is 85.1 Å². The summed E-state index contributed by atoms with van der Waals surface area (Å²) in [6.07, 6.45) is 1.57. The van der Waals surface area contributed by atoms with Gasteiger partial charge in [-0.05, 0) is 82.7 Å². The van der Waals surface area contributed by atoms with E-state index < -0.39 is 23.6 Å². The Bertz CT molecular complexity index is 1500. The highest BCUT2D eigenvalue weighted by Gasteiger charge is 2.36. The van der Waals surface area contributed by atoms with E-state index in [4.69, 9.17) is 37.4 Å². The van der Waals surface area contributed by atoms with Crippen LogP contribution in [0.3, 0.4) is 0 Å². The molecule has 1 fully saturated rings. The molecule has 1 aliphatic rings. The lowest BCUT2D eigenvalue weighted by Crippen LogP contribution is -2.36. The van der Waals surface area contributed by atoms with Crippen molar-refractivity contribution in [2.24, 2.45) is 0 Å². The monoisotopic (exact) mass is 664 g/mol. The van der Waals surface area contributed by atoms with Gasteiger partial charge in [0.2, 0.25) is 5.91 Å². The number of amides is 3. The largest absolute Gasteiger partial charge is 0.495 e. The number of halogens is 3. The van der Waals surface area contributed by atoms with Crippen LogP contribution >= 0.6 is 50.9 Å². The molecule has 8 nitrogen and oxygen atoms in total. The van der Waals surface area contributed by atoms with Gasteiger partial charge in [-0.15, -0.1) is 0 Å². The Morgan fingerprint density at radius 1 is 1.05 bits per heavy atom. The van der Waals surface area contributed by atoms with Gasteiger partial charge >= 0.3 is 0 Å². The first-order chi connectivity index (χ1) is 19.2. The minimum atomic E-state index is -0.578. The highest BCUT2D eigenvalue weighted by Crippen LogP contribution is 2.40. The number of nitrogens with zero attached hydrogens (tertiary/aromatic N) is 1. The Labute approximate surface area is 253 Å². The minimum Gasteiger partial charge on any atom is -0.495 e. The number of rotatable bonds is 10. The van der Waals surface area contributed by atoms with Gasteiger partial charge in [-0.3, -0.25) is 19.3 Å². The Kier molecular flexibility index (Phi) is 10.0. The van der Waals surface area contributed by atoms with Gasteiger partial charge in [-0.2, -0.15) is 0 Å². The molecule has 3 aromatic rings. The lowest BCUT2D eigenvalue weighted by Gasteiger charge is -2.15. The number of carbonyl (C=O) groups excluding carboxylic acids is 3. The molecule has 4 rings (SSSR count). The number of methoxy groups -OCH3 is 1. The zero-order chi connectivity index (χ0) is 28.8. The summed E-state index contributed by atoms with van der Waals surface area (Å²) in [5.41, 5.74) is 1.82. The molecule has 3 amide bonds. The molecule has 12 heteroatoms. The first-order valence-electron chi connectivity index (χ1n) is 11.9. The normalized spacial score (nSPS) is 14.0. The van der Waals surface area contributed by atoms with E-state index in [2.05, 4.69) is 21.2 Å². The fraction of sp³-hybridized carbons (Fsp3) is 0.179. The van der Waals surface area contributed by atoms with Crippen molar-refractivity contribution < 1.29 is 28.6 Å². The lowest BCUT2D eigenvalue weighted by atomic mass is 10.1.